The molecule has 1 aliphatic carbocycles. The SMILES string of the molecule is O=C(NN1C(=O)[C@H]2C[C@H](Br)[C@@H](Br)C[C@H]2C1=O)c1ccc(Cl)cc1Cl. The molecule has 1 N–H and O–H groups in total. The van der Waals surface area contributed by atoms with Crippen molar-refractivity contribution in [3.63, 3.8) is 0 Å². The maximum atomic E-state index is 12.5. The van der Waals surface area contributed by atoms with Crippen molar-refractivity contribution in [3.8, 4) is 0 Å². The largest absolute Gasteiger partial charge is 0.272 e. The molecule has 1 saturated carbocycles. The average Bonchev–Trinajstić information content (AvgIpc) is 2.73. The number of alkyl halides is 2. The van der Waals surface area contributed by atoms with Crippen molar-refractivity contribution in [2.24, 2.45) is 11.8 Å². The summed E-state index contributed by atoms with van der Waals surface area (Å²) in [5, 5.41) is 1.37. The highest BCUT2D eigenvalue weighted by atomic mass is 79.9. The second kappa shape index (κ2) is 6.94. The second-order valence-corrected chi connectivity index (χ2v) is 8.99. The van der Waals surface area contributed by atoms with Crippen molar-refractivity contribution in [1.82, 2.24) is 10.4 Å². The van der Waals surface area contributed by atoms with Crippen LogP contribution in [0.3, 0.4) is 0 Å². The van der Waals surface area contributed by atoms with Crippen LogP contribution >= 0.6 is 55.1 Å². The van der Waals surface area contributed by atoms with Gasteiger partial charge in [0.25, 0.3) is 17.7 Å². The van der Waals surface area contributed by atoms with E-state index in [0.29, 0.717) is 17.9 Å². The molecule has 0 radical (unpaired) electrons. The Kier molecular flexibility index (Phi) is 5.25. The van der Waals surface area contributed by atoms with Gasteiger partial charge in [0.15, 0.2) is 0 Å². The minimum atomic E-state index is -0.622. The number of carbonyl (C=O) groups excluding carboxylic acids is 3. The standard InChI is InChI=1S/C15H12Br2Cl2N2O3/c16-10-4-8-9(5-11(10)17)15(24)21(14(8)23)20-13(22)7-2-1-6(18)3-12(7)19/h1-3,8-11H,4-5H2,(H,20,22)/t8-,9+,10-,11-/m0/s1. The minimum absolute atomic E-state index is 0.108. The zero-order valence-corrected chi connectivity index (χ0v) is 16.8. The number of rotatable bonds is 2. The molecule has 1 aromatic rings. The van der Waals surface area contributed by atoms with Crippen LogP contribution < -0.4 is 5.43 Å². The van der Waals surface area contributed by atoms with Gasteiger partial charge in [-0.25, -0.2) is 0 Å². The summed E-state index contributed by atoms with van der Waals surface area (Å²) < 4.78 is 0. The highest BCUT2D eigenvalue weighted by Gasteiger charge is 2.52. The molecule has 24 heavy (non-hydrogen) atoms. The summed E-state index contributed by atoms with van der Waals surface area (Å²) in [6, 6.07) is 4.39. The van der Waals surface area contributed by atoms with Gasteiger partial charge in [-0.05, 0) is 31.0 Å². The number of hydrogen-bond donors (Lipinski definition) is 1. The first-order valence-corrected chi connectivity index (χ1v) is 9.80. The lowest BCUT2D eigenvalue weighted by Crippen LogP contribution is -2.46. The van der Waals surface area contributed by atoms with Crippen molar-refractivity contribution in [3.05, 3.63) is 33.8 Å². The van der Waals surface area contributed by atoms with E-state index >= 15 is 0 Å². The summed E-state index contributed by atoms with van der Waals surface area (Å²) >= 11 is 18.8. The van der Waals surface area contributed by atoms with Crippen LogP contribution in [0.25, 0.3) is 0 Å². The van der Waals surface area contributed by atoms with Gasteiger partial charge in [-0.15, -0.1) is 0 Å². The molecule has 1 heterocycles. The topological polar surface area (TPSA) is 66.5 Å². The van der Waals surface area contributed by atoms with E-state index in [0.717, 1.165) is 5.01 Å². The molecule has 2 aliphatic rings. The number of nitrogens with one attached hydrogen (secondary N) is 1. The third kappa shape index (κ3) is 3.23. The first-order chi connectivity index (χ1) is 11.3. The van der Waals surface area contributed by atoms with Crippen LogP contribution in [-0.2, 0) is 9.59 Å². The van der Waals surface area contributed by atoms with Gasteiger partial charge in [-0.1, -0.05) is 55.1 Å². The maximum absolute atomic E-state index is 12.5. The van der Waals surface area contributed by atoms with E-state index < -0.39 is 17.7 Å². The number of hydrazine groups is 1. The molecule has 1 aliphatic heterocycles. The number of carbonyl (C=O) groups is 3. The predicted molar refractivity (Wildman–Crippen MR) is 97.4 cm³/mol. The van der Waals surface area contributed by atoms with Gasteiger partial charge >= 0.3 is 0 Å². The monoisotopic (exact) mass is 496 g/mol. The van der Waals surface area contributed by atoms with Crippen molar-refractivity contribution < 1.29 is 14.4 Å². The fourth-order valence-corrected chi connectivity index (χ4v) is 4.77. The number of hydrogen-bond acceptors (Lipinski definition) is 3. The molecule has 0 bridgehead atoms. The summed E-state index contributed by atoms with van der Waals surface area (Å²) in [7, 11) is 0. The van der Waals surface area contributed by atoms with Crippen molar-refractivity contribution in [1.29, 1.82) is 0 Å². The second-order valence-electron chi connectivity index (χ2n) is 5.79. The molecule has 9 heteroatoms. The predicted octanol–water partition coefficient (Wildman–Crippen LogP) is 3.56. The molecule has 3 amide bonds. The van der Waals surface area contributed by atoms with Crippen LogP contribution in [0.15, 0.2) is 18.2 Å². The number of halogens is 4. The normalized spacial score (nSPS) is 29.6. The van der Waals surface area contributed by atoms with E-state index in [2.05, 4.69) is 37.3 Å². The van der Waals surface area contributed by atoms with E-state index in [-0.39, 0.29) is 32.1 Å². The molecule has 1 aromatic carbocycles. The van der Waals surface area contributed by atoms with Crippen LogP contribution in [0.5, 0.6) is 0 Å². The van der Waals surface area contributed by atoms with Gasteiger partial charge < -0.3 is 0 Å². The Hall–Kier alpha value is -0.630. The lowest BCUT2D eigenvalue weighted by atomic mass is 9.81. The van der Waals surface area contributed by atoms with Gasteiger partial charge in [0, 0.05) is 14.7 Å². The molecule has 0 aromatic heterocycles. The molecule has 0 spiro atoms. The first kappa shape index (κ1) is 18.2. The smallest absolute Gasteiger partial charge is 0.271 e. The molecule has 5 nitrogen and oxygen atoms in total. The first-order valence-electron chi connectivity index (χ1n) is 7.21. The van der Waals surface area contributed by atoms with Crippen LogP contribution in [0.4, 0.5) is 0 Å². The zero-order chi connectivity index (χ0) is 17.6. The van der Waals surface area contributed by atoms with Crippen molar-refractivity contribution in [2.75, 3.05) is 0 Å². The Balaban J connectivity index is 1.79. The maximum Gasteiger partial charge on any atom is 0.271 e. The summed E-state index contributed by atoms with van der Waals surface area (Å²) in [5.41, 5.74) is 2.52. The van der Waals surface area contributed by atoms with E-state index in [1.165, 1.54) is 18.2 Å². The van der Waals surface area contributed by atoms with Crippen molar-refractivity contribution >= 4 is 72.8 Å². The Morgan fingerprint density at radius 1 is 1.08 bits per heavy atom. The van der Waals surface area contributed by atoms with Crippen LogP contribution in [0, 0.1) is 11.8 Å². The molecular formula is C15H12Br2Cl2N2O3. The van der Waals surface area contributed by atoms with Gasteiger partial charge in [-0.3, -0.25) is 19.8 Å². The van der Waals surface area contributed by atoms with Crippen LogP contribution in [0.2, 0.25) is 10.0 Å². The molecule has 4 atom stereocenters. The minimum Gasteiger partial charge on any atom is -0.272 e. The van der Waals surface area contributed by atoms with E-state index in [1.807, 2.05) is 0 Å². The van der Waals surface area contributed by atoms with Crippen LogP contribution in [0.1, 0.15) is 23.2 Å². The lowest BCUT2D eigenvalue weighted by Gasteiger charge is -2.29. The van der Waals surface area contributed by atoms with E-state index in [9.17, 15) is 14.4 Å². The molecule has 3 rings (SSSR count). The van der Waals surface area contributed by atoms with E-state index in [1.54, 1.807) is 0 Å². The van der Waals surface area contributed by atoms with Gasteiger partial charge in [0.05, 0.1) is 22.4 Å². The zero-order valence-electron chi connectivity index (χ0n) is 12.1. The Labute approximate surface area is 165 Å². The number of imide groups is 1. The molecule has 0 unspecified atom stereocenters. The summed E-state index contributed by atoms with van der Waals surface area (Å²) in [5.74, 6) is -2.23. The molecule has 128 valence electrons. The Morgan fingerprint density at radius 2 is 1.62 bits per heavy atom. The van der Waals surface area contributed by atoms with Gasteiger partial charge in [-0.2, -0.15) is 5.01 Å². The van der Waals surface area contributed by atoms with Gasteiger partial charge in [0.1, 0.15) is 0 Å². The van der Waals surface area contributed by atoms with E-state index in [4.69, 9.17) is 23.2 Å². The summed E-state index contributed by atoms with van der Waals surface area (Å²) in [4.78, 5) is 37.6. The number of nitrogens with zero attached hydrogens (tertiary/aromatic N) is 1. The van der Waals surface area contributed by atoms with Crippen LogP contribution in [-0.4, -0.2) is 32.4 Å². The molecular weight excluding hydrogens is 487 g/mol. The average molecular weight is 499 g/mol. The lowest BCUT2D eigenvalue weighted by molar-refractivity contribution is -0.142. The number of amides is 3. The van der Waals surface area contributed by atoms with Gasteiger partial charge in [0.2, 0.25) is 0 Å². The summed E-state index contributed by atoms with van der Waals surface area (Å²) in [6.45, 7) is 0. The quantitative estimate of drug-likeness (QED) is 0.501. The fraction of sp³-hybridized carbons (Fsp3) is 0.400. The number of fused-ring (bicyclic) bond motifs is 1. The third-order valence-corrected chi connectivity index (χ3v) is 7.58. The fourth-order valence-electron chi connectivity index (χ4n) is 3.04. The highest BCUT2D eigenvalue weighted by molar-refractivity contribution is 9.12. The molecule has 2 fully saturated rings. The highest BCUT2D eigenvalue weighted by Crippen LogP contribution is 2.42. The number of benzene rings is 1. The third-order valence-electron chi connectivity index (χ3n) is 4.30. The molecule has 1 saturated heterocycles. The summed E-state index contributed by atoms with van der Waals surface area (Å²) in [6.07, 6.45) is 1.08. The van der Waals surface area contributed by atoms with Crippen molar-refractivity contribution in [2.45, 2.75) is 22.5 Å². The Morgan fingerprint density at radius 3 is 2.12 bits per heavy atom. The Bertz CT molecular complexity index is 703.